The molecule has 1 rings (SSSR count). The predicted octanol–water partition coefficient (Wildman–Crippen LogP) is 2.18. The van der Waals surface area contributed by atoms with Crippen LogP contribution in [0.15, 0.2) is 0 Å². The van der Waals surface area contributed by atoms with E-state index in [1.165, 1.54) is 39.3 Å². The summed E-state index contributed by atoms with van der Waals surface area (Å²) >= 11 is 0. The van der Waals surface area contributed by atoms with Crippen LogP contribution >= 0.6 is 0 Å². The maximum Gasteiger partial charge on any atom is 0.325 e. The van der Waals surface area contributed by atoms with Crippen LogP contribution in [0.4, 0.5) is 0 Å². The van der Waals surface area contributed by atoms with Gasteiger partial charge in [0.05, 0.1) is 7.11 Å². The van der Waals surface area contributed by atoms with Crippen molar-refractivity contribution in [3.63, 3.8) is 0 Å². The third kappa shape index (κ3) is 4.46. The molecule has 1 fully saturated rings. The van der Waals surface area contributed by atoms with Crippen molar-refractivity contribution >= 4 is 5.97 Å². The van der Waals surface area contributed by atoms with Crippen LogP contribution in [0.3, 0.4) is 0 Å². The van der Waals surface area contributed by atoms with Gasteiger partial charge in [-0.05, 0) is 45.7 Å². The molecule has 0 saturated carbocycles. The smallest absolute Gasteiger partial charge is 0.325 e. The van der Waals surface area contributed by atoms with Crippen molar-refractivity contribution in [1.29, 1.82) is 0 Å². The topological polar surface area (TPSA) is 41.6 Å². The van der Waals surface area contributed by atoms with Crippen LogP contribution in [-0.2, 0) is 9.53 Å². The minimum atomic E-state index is -0.556. The summed E-state index contributed by atoms with van der Waals surface area (Å²) in [5.41, 5.74) is -0.556. The molecule has 0 aliphatic carbocycles. The normalized spacial score (nSPS) is 23.9. The lowest BCUT2D eigenvalue weighted by Gasteiger charge is -2.37. The van der Waals surface area contributed by atoms with Gasteiger partial charge < -0.3 is 15.0 Å². The van der Waals surface area contributed by atoms with Crippen molar-refractivity contribution in [2.45, 2.75) is 64.5 Å². The highest BCUT2D eigenvalue weighted by Crippen LogP contribution is 2.22. The molecule has 4 heteroatoms. The summed E-state index contributed by atoms with van der Waals surface area (Å²) in [6, 6.07) is 0.692. The molecule has 1 aliphatic rings. The van der Waals surface area contributed by atoms with Gasteiger partial charge in [0.25, 0.3) is 0 Å². The number of esters is 1. The third-order valence-corrected chi connectivity index (χ3v) is 4.32. The maximum absolute atomic E-state index is 11.9. The highest BCUT2D eigenvalue weighted by Gasteiger charge is 2.34. The van der Waals surface area contributed by atoms with Gasteiger partial charge in [0.15, 0.2) is 0 Å². The SMILES string of the molecule is CCNC(C)(CCN1CCCCC1CC)C(=O)OC. The van der Waals surface area contributed by atoms with Crippen molar-refractivity contribution in [3.8, 4) is 0 Å². The molecule has 112 valence electrons. The lowest BCUT2D eigenvalue weighted by molar-refractivity contribution is -0.148. The Labute approximate surface area is 117 Å². The number of likely N-dealkylation sites (N-methyl/N-ethyl adjacent to an activating group) is 1. The molecule has 1 heterocycles. The zero-order chi connectivity index (χ0) is 14.3. The van der Waals surface area contributed by atoms with Crippen molar-refractivity contribution in [2.75, 3.05) is 26.7 Å². The summed E-state index contributed by atoms with van der Waals surface area (Å²) in [7, 11) is 1.47. The van der Waals surface area contributed by atoms with Crippen LogP contribution in [0, 0.1) is 0 Å². The number of carbonyl (C=O) groups excluding carboxylic acids is 1. The number of methoxy groups -OCH3 is 1. The number of hydrogen-bond donors (Lipinski definition) is 1. The Morgan fingerprint density at radius 2 is 2.16 bits per heavy atom. The Balaban J connectivity index is 2.57. The van der Waals surface area contributed by atoms with E-state index in [0.29, 0.717) is 6.04 Å². The maximum atomic E-state index is 11.9. The zero-order valence-corrected chi connectivity index (χ0v) is 13.0. The van der Waals surface area contributed by atoms with Gasteiger partial charge in [-0.2, -0.15) is 0 Å². The fourth-order valence-electron chi connectivity index (χ4n) is 3.06. The third-order valence-electron chi connectivity index (χ3n) is 4.32. The minimum Gasteiger partial charge on any atom is -0.468 e. The first-order valence-corrected chi connectivity index (χ1v) is 7.64. The van der Waals surface area contributed by atoms with E-state index in [9.17, 15) is 4.79 Å². The molecule has 4 nitrogen and oxygen atoms in total. The van der Waals surface area contributed by atoms with Crippen LogP contribution < -0.4 is 5.32 Å². The molecule has 0 aromatic rings. The molecule has 19 heavy (non-hydrogen) atoms. The van der Waals surface area contributed by atoms with E-state index in [-0.39, 0.29) is 5.97 Å². The van der Waals surface area contributed by atoms with Crippen molar-refractivity contribution < 1.29 is 9.53 Å². The summed E-state index contributed by atoms with van der Waals surface area (Å²) in [5.74, 6) is -0.153. The van der Waals surface area contributed by atoms with Crippen LogP contribution in [0.2, 0.25) is 0 Å². The molecular formula is C15H30N2O2. The molecule has 2 unspecified atom stereocenters. The molecule has 1 N–H and O–H groups in total. The fraction of sp³-hybridized carbons (Fsp3) is 0.933. The number of hydrogen-bond acceptors (Lipinski definition) is 4. The molecule has 2 atom stereocenters. The minimum absolute atomic E-state index is 0.153. The lowest BCUT2D eigenvalue weighted by Crippen LogP contribution is -2.53. The molecule has 0 radical (unpaired) electrons. The average molecular weight is 270 g/mol. The summed E-state index contributed by atoms with van der Waals surface area (Å²) < 4.78 is 4.94. The second kappa shape index (κ2) is 7.85. The second-order valence-electron chi connectivity index (χ2n) is 5.70. The number of nitrogens with zero attached hydrogens (tertiary/aromatic N) is 1. The van der Waals surface area contributed by atoms with E-state index >= 15 is 0 Å². The molecule has 1 saturated heterocycles. The molecule has 0 bridgehead atoms. The molecular weight excluding hydrogens is 240 g/mol. The van der Waals surface area contributed by atoms with Gasteiger partial charge in [0.1, 0.15) is 5.54 Å². The van der Waals surface area contributed by atoms with Crippen LogP contribution in [0.25, 0.3) is 0 Å². The van der Waals surface area contributed by atoms with Gasteiger partial charge in [-0.3, -0.25) is 4.79 Å². The summed E-state index contributed by atoms with van der Waals surface area (Å²) in [6.45, 7) is 9.15. The first kappa shape index (κ1) is 16.4. The molecule has 1 aliphatic heterocycles. The highest BCUT2D eigenvalue weighted by atomic mass is 16.5. The van der Waals surface area contributed by atoms with Crippen LogP contribution in [0.5, 0.6) is 0 Å². The Morgan fingerprint density at radius 1 is 1.42 bits per heavy atom. The quantitative estimate of drug-likeness (QED) is 0.720. The first-order chi connectivity index (χ1) is 9.07. The van der Waals surface area contributed by atoms with E-state index in [1.54, 1.807) is 0 Å². The first-order valence-electron chi connectivity index (χ1n) is 7.64. The van der Waals surface area contributed by atoms with Gasteiger partial charge in [-0.25, -0.2) is 0 Å². The summed E-state index contributed by atoms with van der Waals surface area (Å²) in [4.78, 5) is 14.5. The Bertz CT molecular complexity index is 283. The molecule has 0 aromatic heterocycles. The van der Waals surface area contributed by atoms with Crippen LogP contribution in [-0.4, -0.2) is 49.2 Å². The number of nitrogens with one attached hydrogen (secondary N) is 1. The Kier molecular flexibility index (Phi) is 6.80. The number of carbonyl (C=O) groups is 1. The Hall–Kier alpha value is -0.610. The van der Waals surface area contributed by atoms with E-state index in [0.717, 1.165) is 19.5 Å². The second-order valence-corrected chi connectivity index (χ2v) is 5.70. The van der Waals surface area contributed by atoms with Gasteiger partial charge in [-0.1, -0.05) is 20.3 Å². The summed E-state index contributed by atoms with van der Waals surface area (Å²) in [5, 5.41) is 3.28. The van der Waals surface area contributed by atoms with Crippen LogP contribution in [0.1, 0.15) is 52.9 Å². The van der Waals surface area contributed by atoms with E-state index in [4.69, 9.17) is 4.74 Å². The van der Waals surface area contributed by atoms with E-state index in [2.05, 4.69) is 17.1 Å². The number of rotatable bonds is 7. The summed E-state index contributed by atoms with van der Waals surface area (Å²) in [6.07, 6.45) is 5.94. The number of likely N-dealkylation sites (tertiary alicyclic amines) is 1. The van der Waals surface area contributed by atoms with E-state index in [1.807, 2.05) is 13.8 Å². The predicted molar refractivity (Wildman–Crippen MR) is 78.2 cm³/mol. The van der Waals surface area contributed by atoms with Gasteiger partial charge >= 0.3 is 5.97 Å². The van der Waals surface area contributed by atoms with Gasteiger partial charge in [0.2, 0.25) is 0 Å². The van der Waals surface area contributed by atoms with Gasteiger partial charge in [0, 0.05) is 12.6 Å². The molecule has 0 amide bonds. The van der Waals surface area contributed by atoms with E-state index < -0.39 is 5.54 Å². The van der Waals surface area contributed by atoms with Crippen molar-refractivity contribution in [3.05, 3.63) is 0 Å². The highest BCUT2D eigenvalue weighted by molar-refractivity contribution is 5.80. The Morgan fingerprint density at radius 3 is 2.74 bits per heavy atom. The number of ether oxygens (including phenoxy) is 1. The largest absolute Gasteiger partial charge is 0.468 e. The number of piperidine rings is 1. The van der Waals surface area contributed by atoms with Crippen molar-refractivity contribution in [1.82, 2.24) is 10.2 Å². The van der Waals surface area contributed by atoms with Gasteiger partial charge in [-0.15, -0.1) is 0 Å². The standard InChI is InChI=1S/C15H30N2O2/c1-5-13-9-7-8-11-17(13)12-10-15(3,16-6-2)14(18)19-4/h13,16H,5-12H2,1-4H3. The molecule has 0 spiro atoms. The monoisotopic (exact) mass is 270 g/mol. The zero-order valence-electron chi connectivity index (χ0n) is 13.0. The average Bonchev–Trinajstić information content (AvgIpc) is 2.44. The molecule has 0 aromatic carbocycles. The van der Waals surface area contributed by atoms with Crippen molar-refractivity contribution in [2.24, 2.45) is 0 Å². The fourth-order valence-corrected chi connectivity index (χ4v) is 3.06. The lowest BCUT2D eigenvalue weighted by atomic mass is 9.94.